The fraction of sp³-hybridized carbons (Fsp3) is 0.222. The van der Waals surface area contributed by atoms with Gasteiger partial charge in [0.25, 0.3) is 0 Å². The molecule has 1 atom stereocenters. The first-order valence-electron chi connectivity index (χ1n) is 4.52. The zero-order valence-corrected chi connectivity index (χ0v) is 9.90. The van der Waals surface area contributed by atoms with Crippen molar-refractivity contribution in [3.8, 4) is 0 Å². The number of hydrogen-bond donors (Lipinski definition) is 1. The zero-order valence-electron chi connectivity index (χ0n) is 9.08. The van der Waals surface area contributed by atoms with Crippen LogP contribution in [0, 0.1) is 0 Å². The number of benzene rings is 1. The lowest BCUT2D eigenvalue weighted by molar-refractivity contribution is -0.142. The van der Waals surface area contributed by atoms with Gasteiger partial charge in [-0.05, 0) is 17.7 Å². The lowest BCUT2D eigenvalue weighted by atomic mass is 10.1. The van der Waals surface area contributed by atoms with Crippen molar-refractivity contribution in [3.63, 3.8) is 0 Å². The monoisotopic (exact) mass is 291 g/mol. The topological polar surface area (TPSA) is 52.3 Å². The van der Waals surface area contributed by atoms with Crippen molar-refractivity contribution < 1.29 is 29.0 Å². The van der Waals surface area contributed by atoms with Gasteiger partial charge in [-0.2, -0.15) is 0 Å². The van der Waals surface area contributed by atoms with E-state index < -0.39 is 27.1 Å². The van der Waals surface area contributed by atoms with Gasteiger partial charge in [0.2, 0.25) is 0 Å². The van der Waals surface area contributed by atoms with E-state index in [4.69, 9.17) is 5.73 Å². The minimum atomic E-state index is -9.69. The molecule has 3 nitrogen and oxygen atoms in total. The van der Waals surface area contributed by atoms with Crippen LogP contribution in [-0.4, -0.2) is 13.1 Å². The number of hydrogen-bond acceptors (Lipinski definition) is 3. The number of rotatable bonds is 3. The summed E-state index contributed by atoms with van der Waals surface area (Å²) in [5.74, 6) is -0.880. The molecule has 0 unspecified atom stereocenters. The summed E-state index contributed by atoms with van der Waals surface area (Å²) in [5, 5.41) is 0. The first-order valence-corrected chi connectivity index (χ1v) is 6.48. The SMILES string of the molecule is COC(=O)[C@H](N)c1ccc(S(F)(F)(F)(F)F)cc1. The Labute approximate surface area is 99.4 Å². The molecule has 104 valence electrons. The van der Waals surface area contributed by atoms with Gasteiger partial charge in [-0.15, -0.1) is 0 Å². The Morgan fingerprint density at radius 2 is 1.61 bits per heavy atom. The molecule has 0 aliphatic carbocycles. The number of carbonyl (C=O) groups is 1. The molecule has 0 heterocycles. The zero-order chi connectivity index (χ0) is 14.3. The molecular formula is C9H10F5NO2S. The van der Waals surface area contributed by atoms with E-state index >= 15 is 0 Å². The highest BCUT2D eigenvalue weighted by Crippen LogP contribution is 3.02. The van der Waals surface area contributed by atoms with E-state index in [0.717, 1.165) is 19.2 Å². The number of halogens is 5. The van der Waals surface area contributed by atoms with Crippen LogP contribution in [0.5, 0.6) is 0 Å². The molecule has 0 spiro atoms. The van der Waals surface area contributed by atoms with Gasteiger partial charge in [0.15, 0.2) is 0 Å². The van der Waals surface area contributed by atoms with Crippen molar-refractivity contribution >= 4 is 16.2 Å². The van der Waals surface area contributed by atoms with Crippen LogP contribution in [0.4, 0.5) is 19.4 Å². The van der Waals surface area contributed by atoms with Crippen LogP contribution >= 0.6 is 10.2 Å². The molecule has 0 saturated carbocycles. The highest BCUT2D eigenvalue weighted by Gasteiger charge is 2.65. The molecule has 0 bridgehead atoms. The van der Waals surface area contributed by atoms with Crippen molar-refractivity contribution in [2.45, 2.75) is 10.9 Å². The van der Waals surface area contributed by atoms with Crippen LogP contribution in [-0.2, 0) is 9.53 Å². The number of methoxy groups -OCH3 is 1. The first kappa shape index (κ1) is 14.7. The van der Waals surface area contributed by atoms with Crippen LogP contribution in [0.2, 0.25) is 0 Å². The first-order chi connectivity index (χ1) is 7.85. The van der Waals surface area contributed by atoms with Crippen molar-refractivity contribution in [3.05, 3.63) is 29.8 Å². The predicted molar refractivity (Wildman–Crippen MR) is 56.8 cm³/mol. The molecule has 0 aliphatic rings. The van der Waals surface area contributed by atoms with E-state index in [9.17, 15) is 24.2 Å². The molecular weight excluding hydrogens is 281 g/mol. The van der Waals surface area contributed by atoms with Crippen molar-refractivity contribution in [2.24, 2.45) is 5.73 Å². The molecule has 1 aromatic carbocycles. The molecule has 1 aromatic rings. The van der Waals surface area contributed by atoms with Crippen molar-refractivity contribution in [1.29, 1.82) is 0 Å². The summed E-state index contributed by atoms with van der Waals surface area (Å²) < 4.78 is 66.2. The van der Waals surface area contributed by atoms with Crippen molar-refractivity contribution in [1.82, 2.24) is 0 Å². The molecule has 0 radical (unpaired) electrons. The van der Waals surface area contributed by atoms with Crippen LogP contribution in [0.15, 0.2) is 29.2 Å². The van der Waals surface area contributed by atoms with E-state index in [1.54, 1.807) is 0 Å². The number of nitrogens with two attached hydrogens (primary N) is 1. The Morgan fingerprint density at radius 1 is 1.17 bits per heavy atom. The third-order valence-corrected chi connectivity index (χ3v) is 3.30. The minimum Gasteiger partial charge on any atom is -0.468 e. The molecule has 0 aliphatic heterocycles. The maximum absolute atomic E-state index is 12.4. The molecule has 18 heavy (non-hydrogen) atoms. The Kier molecular flexibility index (Phi) is 2.92. The Balaban J connectivity index is 3.13. The van der Waals surface area contributed by atoms with Gasteiger partial charge in [0.05, 0.1) is 7.11 Å². The summed E-state index contributed by atoms with van der Waals surface area (Å²) in [4.78, 5) is 8.98. The van der Waals surface area contributed by atoms with E-state index in [1.165, 1.54) is 0 Å². The number of carbonyl (C=O) groups excluding carboxylic acids is 1. The minimum absolute atomic E-state index is 0.0487. The molecule has 1 rings (SSSR count). The van der Waals surface area contributed by atoms with Gasteiger partial charge in [-0.25, -0.2) is 0 Å². The normalized spacial score (nSPS) is 17.5. The molecule has 0 fully saturated rings. The molecule has 0 amide bonds. The third-order valence-electron chi connectivity index (χ3n) is 2.14. The summed E-state index contributed by atoms with van der Waals surface area (Å²) in [7, 11) is -8.64. The average molecular weight is 291 g/mol. The molecule has 9 heteroatoms. The van der Waals surface area contributed by atoms with Gasteiger partial charge in [-0.3, -0.25) is 4.79 Å². The van der Waals surface area contributed by atoms with Gasteiger partial charge >= 0.3 is 16.2 Å². The second kappa shape index (κ2) is 3.58. The van der Waals surface area contributed by atoms with Crippen LogP contribution < -0.4 is 5.73 Å². The van der Waals surface area contributed by atoms with Gasteiger partial charge in [-0.1, -0.05) is 31.6 Å². The van der Waals surface area contributed by atoms with E-state index in [-0.39, 0.29) is 17.7 Å². The predicted octanol–water partition coefficient (Wildman–Crippen LogP) is 3.52. The summed E-state index contributed by atoms with van der Waals surface area (Å²) in [5.41, 5.74) is 5.29. The molecule has 0 aromatic heterocycles. The maximum atomic E-state index is 12.4. The van der Waals surface area contributed by atoms with Gasteiger partial charge < -0.3 is 10.5 Å². The van der Waals surface area contributed by atoms with Crippen LogP contribution in [0.1, 0.15) is 11.6 Å². The van der Waals surface area contributed by atoms with Gasteiger partial charge in [0.1, 0.15) is 10.9 Å². The smallest absolute Gasteiger partial charge is 0.327 e. The fourth-order valence-corrected chi connectivity index (χ4v) is 1.85. The largest absolute Gasteiger partial charge is 0.468 e. The average Bonchev–Trinajstić information content (AvgIpc) is 2.24. The number of esters is 1. The standard InChI is InChI=1S/C9H10F5NO2S/c1-17-9(16)8(15)6-2-4-7(5-3-6)18(10,11,12,13)14/h2-5,8H,15H2,1H3/t8-/m1/s1. The van der Waals surface area contributed by atoms with E-state index in [2.05, 4.69) is 4.74 Å². The highest BCUT2D eigenvalue weighted by molar-refractivity contribution is 8.45. The lowest BCUT2D eigenvalue weighted by Gasteiger charge is -2.40. The van der Waals surface area contributed by atoms with Crippen LogP contribution in [0.3, 0.4) is 0 Å². The highest BCUT2D eigenvalue weighted by atomic mass is 32.5. The lowest BCUT2D eigenvalue weighted by Crippen LogP contribution is -2.22. The Morgan fingerprint density at radius 3 is 1.94 bits per heavy atom. The quantitative estimate of drug-likeness (QED) is 0.685. The molecule has 2 N–H and O–H groups in total. The van der Waals surface area contributed by atoms with Crippen LogP contribution in [0.25, 0.3) is 0 Å². The summed E-state index contributed by atoms with van der Waals surface area (Å²) in [6, 6.07) is 0.505. The van der Waals surface area contributed by atoms with E-state index in [1.807, 2.05) is 0 Å². The third kappa shape index (κ3) is 3.33. The fourth-order valence-electron chi connectivity index (χ4n) is 1.20. The molecule has 0 saturated heterocycles. The van der Waals surface area contributed by atoms with E-state index in [0.29, 0.717) is 0 Å². The summed E-state index contributed by atoms with van der Waals surface area (Å²) in [6.07, 6.45) is 0. The Hall–Kier alpha value is -1.35. The number of ether oxygens (including phenoxy) is 1. The second-order valence-electron chi connectivity index (χ2n) is 3.54. The summed E-state index contributed by atoms with van der Waals surface area (Å²) >= 11 is 0. The second-order valence-corrected chi connectivity index (χ2v) is 5.95. The maximum Gasteiger partial charge on any atom is 0.327 e. The Bertz CT molecular complexity index is 469. The van der Waals surface area contributed by atoms with Gasteiger partial charge in [0, 0.05) is 0 Å². The van der Waals surface area contributed by atoms with Crippen molar-refractivity contribution in [2.75, 3.05) is 7.11 Å². The summed E-state index contributed by atoms with van der Waals surface area (Å²) in [6.45, 7) is 0.